The molecule has 1 N–H and O–H groups in total. The van der Waals surface area contributed by atoms with Gasteiger partial charge in [0.05, 0.1) is 16.6 Å². The number of carbonyl (C=O) groups excluding carboxylic acids is 2. The Labute approximate surface area is 191 Å². The van der Waals surface area contributed by atoms with Gasteiger partial charge < -0.3 is 10.2 Å². The molecular formula is C23H24Cl2FN3O2. The molecule has 4 rings (SSSR count). The van der Waals surface area contributed by atoms with Crippen LogP contribution in [0.2, 0.25) is 10.0 Å². The minimum Gasteiger partial charge on any atom is -0.343 e. The molecule has 2 aliphatic rings. The lowest BCUT2D eigenvalue weighted by molar-refractivity contribution is -0.129. The van der Waals surface area contributed by atoms with Crippen molar-refractivity contribution in [2.24, 2.45) is 0 Å². The molecule has 8 heteroatoms. The van der Waals surface area contributed by atoms with E-state index in [4.69, 9.17) is 23.2 Å². The average molecular weight is 464 g/mol. The predicted octanol–water partition coefficient (Wildman–Crippen LogP) is 3.95. The summed E-state index contributed by atoms with van der Waals surface area (Å²) in [4.78, 5) is 29.1. The van der Waals surface area contributed by atoms with Crippen LogP contribution in [0.5, 0.6) is 0 Å². The summed E-state index contributed by atoms with van der Waals surface area (Å²) in [5.41, 5.74) is 1.40. The number of hydrogen-bond acceptors (Lipinski definition) is 3. The fraction of sp³-hybridized carbons (Fsp3) is 0.391. The van der Waals surface area contributed by atoms with E-state index in [-0.39, 0.29) is 24.2 Å². The van der Waals surface area contributed by atoms with Gasteiger partial charge in [-0.25, -0.2) is 4.39 Å². The normalized spacial score (nSPS) is 21.5. The van der Waals surface area contributed by atoms with Crippen LogP contribution in [0.25, 0.3) is 0 Å². The molecule has 31 heavy (non-hydrogen) atoms. The molecule has 0 aromatic heterocycles. The summed E-state index contributed by atoms with van der Waals surface area (Å²) in [5, 5.41) is 3.33. The van der Waals surface area contributed by atoms with Gasteiger partial charge in [-0.05, 0) is 61.2 Å². The molecule has 2 aliphatic heterocycles. The zero-order valence-corrected chi connectivity index (χ0v) is 18.5. The second-order valence-corrected chi connectivity index (χ2v) is 8.94. The number of halogens is 3. The van der Waals surface area contributed by atoms with Gasteiger partial charge in [0.2, 0.25) is 5.91 Å². The Bertz CT molecular complexity index is 987. The maximum absolute atomic E-state index is 13.5. The highest BCUT2D eigenvalue weighted by Crippen LogP contribution is 2.31. The summed E-state index contributed by atoms with van der Waals surface area (Å²) in [6, 6.07) is 11.7. The quantitative estimate of drug-likeness (QED) is 0.729. The minimum absolute atomic E-state index is 0.0578. The average Bonchev–Trinajstić information content (AvgIpc) is 3.43. The van der Waals surface area contributed by atoms with Crippen LogP contribution in [0.1, 0.15) is 34.7 Å². The number of carbonyl (C=O) groups is 2. The molecule has 2 aromatic carbocycles. The minimum atomic E-state index is -0.361. The lowest BCUT2D eigenvalue weighted by atomic mass is 9.98. The number of nitrogens with one attached hydrogen (secondary N) is 1. The monoisotopic (exact) mass is 463 g/mol. The lowest BCUT2D eigenvalue weighted by Gasteiger charge is -2.24. The Balaban J connectivity index is 1.26. The first-order valence-electron chi connectivity index (χ1n) is 10.4. The van der Waals surface area contributed by atoms with Crippen LogP contribution in [0, 0.1) is 5.82 Å². The van der Waals surface area contributed by atoms with Gasteiger partial charge in [0, 0.05) is 31.2 Å². The molecule has 2 atom stereocenters. The summed E-state index contributed by atoms with van der Waals surface area (Å²) in [6.45, 7) is 3.09. The van der Waals surface area contributed by atoms with Crippen LogP contribution in [0.4, 0.5) is 4.39 Å². The standard InChI is InChI=1S/C23H24Cl2FN3O2/c24-20-5-4-16(11-21(20)25)23(31)27-12-22(30)29-9-7-19(14-29)28-8-6-17(13-28)15-2-1-3-18(26)10-15/h1-5,10-11,17,19H,6-9,12-14H2,(H,27,31). The van der Waals surface area contributed by atoms with E-state index < -0.39 is 0 Å². The number of likely N-dealkylation sites (tertiary alicyclic amines) is 2. The smallest absolute Gasteiger partial charge is 0.251 e. The molecule has 0 radical (unpaired) electrons. The molecule has 0 spiro atoms. The largest absolute Gasteiger partial charge is 0.343 e. The van der Waals surface area contributed by atoms with Crippen molar-refractivity contribution >= 4 is 35.0 Å². The molecule has 164 valence electrons. The van der Waals surface area contributed by atoms with Gasteiger partial charge in [0.25, 0.3) is 5.91 Å². The topological polar surface area (TPSA) is 52.7 Å². The Morgan fingerprint density at radius 3 is 2.65 bits per heavy atom. The van der Waals surface area contributed by atoms with Gasteiger partial charge >= 0.3 is 0 Å². The molecule has 2 heterocycles. The van der Waals surface area contributed by atoms with Crippen molar-refractivity contribution in [2.75, 3.05) is 32.7 Å². The molecule has 2 saturated heterocycles. The van der Waals surface area contributed by atoms with Crippen LogP contribution in [-0.4, -0.2) is 60.4 Å². The van der Waals surface area contributed by atoms with E-state index in [2.05, 4.69) is 10.2 Å². The highest BCUT2D eigenvalue weighted by atomic mass is 35.5. The molecule has 2 fully saturated rings. The first-order chi connectivity index (χ1) is 14.9. The molecule has 0 aliphatic carbocycles. The van der Waals surface area contributed by atoms with Crippen molar-refractivity contribution in [3.05, 3.63) is 69.5 Å². The van der Waals surface area contributed by atoms with E-state index in [1.807, 2.05) is 6.07 Å². The van der Waals surface area contributed by atoms with Gasteiger partial charge in [-0.2, -0.15) is 0 Å². The van der Waals surface area contributed by atoms with Crippen molar-refractivity contribution < 1.29 is 14.0 Å². The fourth-order valence-corrected chi connectivity index (χ4v) is 4.72. The summed E-state index contributed by atoms with van der Waals surface area (Å²) in [6.07, 6.45) is 1.90. The van der Waals surface area contributed by atoms with E-state index >= 15 is 0 Å². The zero-order valence-electron chi connectivity index (χ0n) is 17.0. The SMILES string of the molecule is O=C(NCC(=O)N1CCC(N2CCC(c3cccc(F)c3)C2)C1)c1ccc(Cl)c(Cl)c1. The van der Waals surface area contributed by atoms with Gasteiger partial charge in [-0.3, -0.25) is 14.5 Å². The molecule has 0 saturated carbocycles. The first kappa shape index (κ1) is 22.1. The summed E-state index contributed by atoms with van der Waals surface area (Å²) in [5.74, 6) is -0.334. The van der Waals surface area contributed by atoms with E-state index in [9.17, 15) is 14.0 Å². The third kappa shape index (κ3) is 5.20. The van der Waals surface area contributed by atoms with Gasteiger partial charge in [0.1, 0.15) is 5.82 Å². The van der Waals surface area contributed by atoms with Crippen molar-refractivity contribution in [2.45, 2.75) is 24.8 Å². The van der Waals surface area contributed by atoms with E-state index in [1.54, 1.807) is 29.2 Å². The Kier molecular flexibility index (Phi) is 6.80. The second kappa shape index (κ2) is 9.55. The van der Waals surface area contributed by atoms with Crippen LogP contribution >= 0.6 is 23.2 Å². The van der Waals surface area contributed by atoms with Crippen molar-refractivity contribution in [3.8, 4) is 0 Å². The molecule has 2 aromatic rings. The number of nitrogens with zero attached hydrogens (tertiary/aromatic N) is 2. The van der Waals surface area contributed by atoms with Crippen molar-refractivity contribution in [3.63, 3.8) is 0 Å². The number of benzene rings is 2. The molecular weight excluding hydrogens is 440 g/mol. The fourth-order valence-electron chi connectivity index (χ4n) is 4.43. The molecule has 0 bridgehead atoms. The van der Waals surface area contributed by atoms with Crippen molar-refractivity contribution in [1.82, 2.24) is 15.1 Å². The molecule has 5 nitrogen and oxygen atoms in total. The van der Waals surface area contributed by atoms with Crippen LogP contribution in [0.3, 0.4) is 0 Å². The Hall–Kier alpha value is -2.15. The van der Waals surface area contributed by atoms with Crippen LogP contribution in [0.15, 0.2) is 42.5 Å². The van der Waals surface area contributed by atoms with E-state index in [0.717, 1.165) is 31.5 Å². The molecule has 2 amide bonds. The zero-order chi connectivity index (χ0) is 22.0. The summed E-state index contributed by atoms with van der Waals surface area (Å²) < 4.78 is 13.5. The number of hydrogen-bond donors (Lipinski definition) is 1. The Morgan fingerprint density at radius 2 is 1.87 bits per heavy atom. The van der Waals surface area contributed by atoms with Crippen molar-refractivity contribution in [1.29, 1.82) is 0 Å². The van der Waals surface area contributed by atoms with Gasteiger partial charge in [-0.1, -0.05) is 35.3 Å². The lowest BCUT2D eigenvalue weighted by Crippen LogP contribution is -2.41. The van der Waals surface area contributed by atoms with Crippen LogP contribution in [-0.2, 0) is 4.79 Å². The third-order valence-corrected chi connectivity index (χ3v) is 6.89. The number of amides is 2. The summed E-state index contributed by atoms with van der Waals surface area (Å²) >= 11 is 11.8. The highest BCUT2D eigenvalue weighted by molar-refractivity contribution is 6.42. The van der Waals surface area contributed by atoms with E-state index in [1.165, 1.54) is 12.1 Å². The van der Waals surface area contributed by atoms with Gasteiger partial charge in [-0.15, -0.1) is 0 Å². The number of rotatable bonds is 5. The first-order valence-corrected chi connectivity index (χ1v) is 11.2. The van der Waals surface area contributed by atoms with Crippen LogP contribution < -0.4 is 5.32 Å². The summed E-state index contributed by atoms with van der Waals surface area (Å²) in [7, 11) is 0. The van der Waals surface area contributed by atoms with E-state index in [0.29, 0.717) is 40.7 Å². The maximum Gasteiger partial charge on any atom is 0.251 e. The second-order valence-electron chi connectivity index (χ2n) is 8.13. The highest BCUT2D eigenvalue weighted by Gasteiger charge is 2.34. The molecule has 2 unspecified atom stereocenters. The Morgan fingerprint density at radius 1 is 1.03 bits per heavy atom. The third-order valence-electron chi connectivity index (χ3n) is 6.15. The maximum atomic E-state index is 13.5. The predicted molar refractivity (Wildman–Crippen MR) is 119 cm³/mol. The van der Waals surface area contributed by atoms with Gasteiger partial charge in [0.15, 0.2) is 0 Å².